The van der Waals surface area contributed by atoms with Crippen molar-refractivity contribution in [3.8, 4) is 0 Å². The van der Waals surface area contributed by atoms with Gasteiger partial charge in [0.2, 0.25) is 5.91 Å². The number of halogens is 1. The third-order valence-electron chi connectivity index (χ3n) is 3.42. The van der Waals surface area contributed by atoms with Crippen LogP contribution in [0.2, 0.25) is 0 Å². The minimum absolute atomic E-state index is 0.0550. The molecule has 116 valence electrons. The van der Waals surface area contributed by atoms with E-state index in [0.29, 0.717) is 26.3 Å². The van der Waals surface area contributed by atoms with Crippen molar-refractivity contribution in [2.45, 2.75) is 32.5 Å². The topological polar surface area (TPSA) is 67.6 Å². The van der Waals surface area contributed by atoms with E-state index in [2.05, 4.69) is 5.32 Å². The second-order valence-corrected chi connectivity index (χ2v) is 5.58. The van der Waals surface area contributed by atoms with E-state index in [-0.39, 0.29) is 23.7 Å². The van der Waals surface area contributed by atoms with Crippen molar-refractivity contribution < 1.29 is 13.9 Å². The van der Waals surface area contributed by atoms with Crippen molar-refractivity contribution >= 4 is 11.6 Å². The fourth-order valence-corrected chi connectivity index (χ4v) is 2.35. The number of carbonyl (C=O) groups is 1. The van der Waals surface area contributed by atoms with Gasteiger partial charge in [-0.25, -0.2) is 4.39 Å². The summed E-state index contributed by atoms with van der Waals surface area (Å²) in [5, 5.41) is 2.89. The van der Waals surface area contributed by atoms with Crippen LogP contribution in [0.1, 0.15) is 19.4 Å². The van der Waals surface area contributed by atoms with Crippen molar-refractivity contribution in [1.29, 1.82) is 0 Å². The molecule has 1 amide bonds. The number of nitrogens with one attached hydrogen (secondary N) is 1. The number of amides is 1. The zero-order chi connectivity index (χ0) is 15.4. The molecule has 1 unspecified atom stereocenters. The van der Waals surface area contributed by atoms with E-state index in [0.717, 1.165) is 5.56 Å². The molecule has 1 aliphatic rings. The summed E-state index contributed by atoms with van der Waals surface area (Å²) in [7, 11) is 0. The molecule has 1 aromatic rings. The van der Waals surface area contributed by atoms with Gasteiger partial charge < -0.3 is 15.8 Å². The largest absolute Gasteiger partial charge is 0.396 e. The molecule has 6 heteroatoms. The molecule has 3 N–H and O–H groups in total. The van der Waals surface area contributed by atoms with E-state index in [9.17, 15) is 9.18 Å². The van der Waals surface area contributed by atoms with Crippen LogP contribution in [0.3, 0.4) is 0 Å². The predicted octanol–water partition coefficient (Wildman–Crippen LogP) is 1.13. The number of hydrogen-bond donors (Lipinski definition) is 2. The summed E-state index contributed by atoms with van der Waals surface area (Å²) in [5.41, 5.74) is 6.41. The van der Waals surface area contributed by atoms with Crippen molar-refractivity contribution in [2.75, 3.05) is 25.5 Å². The normalized spacial score (nSPS) is 19.7. The Balaban J connectivity index is 2.07. The van der Waals surface area contributed by atoms with E-state index < -0.39 is 5.82 Å². The Kier molecular flexibility index (Phi) is 5.14. The summed E-state index contributed by atoms with van der Waals surface area (Å²) in [6, 6.07) is 4.49. The third-order valence-corrected chi connectivity index (χ3v) is 3.42. The molecule has 1 aromatic carbocycles. The van der Waals surface area contributed by atoms with Gasteiger partial charge in [0.1, 0.15) is 11.9 Å². The van der Waals surface area contributed by atoms with Crippen LogP contribution in [0.5, 0.6) is 0 Å². The first-order valence-electron chi connectivity index (χ1n) is 7.13. The standard InChI is InChI=1S/C15H22FN3O2/c1-10(2)18-15(20)14-9-21-6-5-19(14)8-11-3-4-13(17)12(16)7-11/h3-4,7,10,14H,5-6,8-9,17H2,1-2H3,(H,18,20). The lowest BCUT2D eigenvalue weighted by atomic mass is 10.1. The molecule has 2 rings (SSSR count). The van der Waals surface area contributed by atoms with Crippen molar-refractivity contribution in [2.24, 2.45) is 0 Å². The lowest BCUT2D eigenvalue weighted by Gasteiger charge is -2.35. The predicted molar refractivity (Wildman–Crippen MR) is 79.1 cm³/mol. The zero-order valence-electron chi connectivity index (χ0n) is 12.4. The van der Waals surface area contributed by atoms with Crippen molar-refractivity contribution in [3.63, 3.8) is 0 Å². The van der Waals surface area contributed by atoms with Crippen molar-refractivity contribution in [3.05, 3.63) is 29.6 Å². The Hall–Kier alpha value is -1.66. The van der Waals surface area contributed by atoms with Crippen LogP contribution in [-0.4, -0.2) is 42.6 Å². The number of nitrogen functional groups attached to an aromatic ring is 1. The first-order valence-corrected chi connectivity index (χ1v) is 7.13. The molecule has 5 nitrogen and oxygen atoms in total. The SMILES string of the molecule is CC(C)NC(=O)C1COCCN1Cc1ccc(N)c(F)c1. The van der Waals surface area contributed by atoms with Gasteiger partial charge in [0.05, 0.1) is 18.9 Å². The molecule has 1 heterocycles. The molecular formula is C15H22FN3O2. The maximum Gasteiger partial charge on any atom is 0.239 e. The summed E-state index contributed by atoms with van der Waals surface area (Å²) in [5.74, 6) is -0.482. The number of morpholine rings is 1. The van der Waals surface area contributed by atoms with Crippen LogP contribution in [0, 0.1) is 5.82 Å². The summed E-state index contributed by atoms with van der Waals surface area (Å²) < 4.78 is 18.9. The van der Waals surface area contributed by atoms with Crippen LogP contribution >= 0.6 is 0 Å². The lowest BCUT2D eigenvalue weighted by molar-refractivity contribution is -0.133. The number of hydrogen-bond acceptors (Lipinski definition) is 4. The molecule has 0 radical (unpaired) electrons. The fraction of sp³-hybridized carbons (Fsp3) is 0.533. The highest BCUT2D eigenvalue weighted by Crippen LogP contribution is 2.17. The number of rotatable bonds is 4. The average Bonchev–Trinajstić information content (AvgIpc) is 2.43. The van der Waals surface area contributed by atoms with Crippen LogP contribution in [0.25, 0.3) is 0 Å². The van der Waals surface area contributed by atoms with E-state index in [1.807, 2.05) is 18.7 Å². The highest BCUT2D eigenvalue weighted by molar-refractivity contribution is 5.82. The molecule has 1 atom stereocenters. The first-order chi connectivity index (χ1) is 9.97. The number of benzene rings is 1. The Morgan fingerprint density at radius 2 is 2.33 bits per heavy atom. The third kappa shape index (κ3) is 4.15. The number of nitrogens with zero attached hydrogens (tertiary/aromatic N) is 1. The number of nitrogens with two attached hydrogens (primary N) is 1. The Bertz CT molecular complexity index is 508. The molecule has 0 aromatic heterocycles. The van der Waals surface area contributed by atoms with Gasteiger partial charge in [-0.1, -0.05) is 6.07 Å². The minimum Gasteiger partial charge on any atom is -0.396 e. The van der Waals surface area contributed by atoms with E-state index >= 15 is 0 Å². The second kappa shape index (κ2) is 6.87. The quantitative estimate of drug-likeness (QED) is 0.817. The Labute approximate surface area is 124 Å². The molecule has 0 bridgehead atoms. The molecular weight excluding hydrogens is 273 g/mol. The second-order valence-electron chi connectivity index (χ2n) is 5.58. The molecule has 1 fully saturated rings. The minimum atomic E-state index is -0.427. The highest BCUT2D eigenvalue weighted by atomic mass is 19.1. The molecule has 0 spiro atoms. The lowest BCUT2D eigenvalue weighted by Crippen LogP contribution is -2.54. The average molecular weight is 295 g/mol. The number of anilines is 1. The Morgan fingerprint density at radius 1 is 1.57 bits per heavy atom. The van der Waals surface area contributed by atoms with Gasteiger partial charge in [-0.05, 0) is 31.5 Å². The zero-order valence-corrected chi connectivity index (χ0v) is 12.4. The molecule has 0 aliphatic carbocycles. The van der Waals surface area contributed by atoms with Gasteiger partial charge in [-0.2, -0.15) is 0 Å². The van der Waals surface area contributed by atoms with E-state index in [4.69, 9.17) is 10.5 Å². The summed E-state index contributed by atoms with van der Waals surface area (Å²) in [6.07, 6.45) is 0. The summed E-state index contributed by atoms with van der Waals surface area (Å²) >= 11 is 0. The van der Waals surface area contributed by atoms with Gasteiger partial charge in [-0.15, -0.1) is 0 Å². The van der Waals surface area contributed by atoms with E-state index in [1.54, 1.807) is 12.1 Å². The highest BCUT2D eigenvalue weighted by Gasteiger charge is 2.29. The summed E-state index contributed by atoms with van der Waals surface area (Å²) in [6.45, 7) is 5.90. The van der Waals surface area contributed by atoms with Crippen LogP contribution in [0.4, 0.5) is 10.1 Å². The molecule has 0 saturated carbocycles. The molecule has 21 heavy (non-hydrogen) atoms. The van der Waals surface area contributed by atoms with Crippen LogP contribution < -0.4 is 11.1 Å². The first kappa shape index (κ1) is 15.7. The smallest absolute Gasteiger partial charge is 0.239 e. The number of carbonyl (C=O) groups excluding carboxylic acids is 1. The van der Waals surface area contributed by atoms with E-state index in [1.165, 1.54) is 6.07 Å². The Morgan fingerprint density at radius 3 is 3.00 bits per heavy atom. The molecule has 1 aliphatic heterocycles. The fourth-order valence-electron chi connectivity index (χ4n) is 2.35. The maximum atomic E-state index is 13.5. The molecule has 1 saturated heterocycles. The van der Waals surface area contributed by atoms with Gasteiger partial charge in [0.15, 0.2) is 0 Å². The van der Waals surface area contributed by atoms with Gasteiger partial charge in [0, 0.05) is 19.1 Å². The van der Waals surface area contributed by atoms with Gasteiger partial charge in [0.25, 0.3) is 0 Å². The number of ether oxygens (including phenoxy) is 1. The van der Waals surface area contributed by atoms with Crippen LogP contribution in [0.15, 0.2) is 18.2 Å². The monoisotopic (exact) mass is 295 g/mol. The maximum absolute atomic E-state index is 13.5. The van der Waals surface area contributed by atoms with Gasteiger partial charge in [-0.3, -0.25) is 9.69 Å². The van der Waals surface area contributed by atoms with Crippen LogP contribution in [-0.2, 0) is 16.1 Å². The van der Waals surface area contributed by atoms with Gasteiger partial charge >= 0.3 is 0 Å². The summed E-state index contributed by atoms with van der Waals surface area (Å²) in [4.78, 5) is 14.2. The van der Waals surface area contributed by atoms with Crippen molar-refractivity contribution in [1.82, 2.24) is 10.2 Å².